The lowest BCUT2D eigenvalue weighted by Crippen LogP contribution is -2.31. The van der Waals surface area contributed by atoms with Gasteiger partial charge in [0.1, 0.15) is 0 Å². The molecule has 0 bridgehead atoms. The molecule has 12 heavy (non-hydrogen) atoms. The summed E-state index contributed by atoms with van der Waals surface area (Å²) in [6.45, 7) is 3.75. The van der Waals surface area contributed by atoms with Crippen molar-refractivity contribution in [1.82, 2.24) is 5.32 Å². The quantitative estimate of drug-likeness (QED) is 0.508. The molecule has 3 N–H and O–H groups in total. The van der Waals surface area contributed by atoms with Crippen molar-refractivity contribution >= 4 is 17.7 Å². The van der Waals surface area contributed by atoms with Gasteiger partial charge in [-0.15, -0.1) is 0 Å². The Kier molecular flexibility index (Phi) is 4.29. The molecule has 0 amide bonds. The summed E-state index contributed by atoms with van der Waals surface area (Å²) in [5, 5.41) is 3.70. The van der Waals surface area contributed by atoms with Crippen LogP contribution in [0.25, 0.3) is 0 Å². The molecule has 70 valence electrons. The van der Waals surface area contributed by atoms with E-state index < -0.39 is 0 Å². The van der Waals surface area contributed by atoms with Crippen molar-refractivity contribution in [3.05, 3.63) is 0 Å². The van der Waals surface area contributed by atoms with Crippen molar-refractivity contribution in [2.75, 3.05) is 18.8 Å². The van der Waals surface area contributed by atoms with E-state index in [1.165, 1.54) is 18.6 Å². The number of hydrogen-bond acceptors (Lipinski definition) is 2. The van der Waals surface area contributed by atoms with E-state index in [0.29, 0.717) is 11.2 Å². The highest BCUT2D eigenvalue weighted by atomic mass is 32.2. The van der Waals surface area contributed by atoms with E-state index >= 15 is 0 Å². The Morgan fingerprint density at radius 1 is 1.75 bits per heavy atom. The Hall–Kier alpha value is -0.380. The highest BCUT2D eigenvalue weighted by Gasteiger charge is 2.14. The van der Waals surface area contributed by atoms with Gasteiger partial charge in [-0.1, -0.05) is 0 Å². The number of nitrogens with zero attached hydrogens (tertiary/aromatic N) is 1. The fraction of sp³-hybridized carbons (Fsp3) is 0.875. The van der Waals surface area contributed by atoms with Gasteiger partial charge in [-0.3, -0.25) is 4.99 Å². The van der Waals surface area contributed by atoms with E-state index in [1.807, 2.05) is 18.7 Å². The standard InChI is InChI=1S/C8H17N3S/c1-2-10-8(9)11-6-7-4-3-5-12-7/h7H,2-6H2,1H3,(H3,9,10,11). The first-order valence-corrected chi connectivity index (χ1v) is 5.53. The van der Waals surface area contributed by atoms with Crippen LogP contribution in [0.3, 0.4) is 0 Å². The minimum absolute atomic E-state index is 0.588. The van der Waals surface area contributed by atoms with Crippen molar-refractivity contribution < 1.29 is 0 Å². The number of aliphatic imine (C=N–C) groups is 1. The molecule has 1 aliphatic heterocycles. The van der Waals surface area contributed by atoms with Crippen LogP contribution < -0.4 is 11.1 Å². The molecule has 0 aromatic heterocycles. The van der Waals surface area contributed by atoms with Crippen molar-refractivity contribution in [2.45, 2.75) is 25.0 Å². The van der Waals surface area contributed by atoms with Crippen LogP contribution in [0, 0.1) is 0 Å². The third-order valence-corrected chi connectivity index (χ3v) is 3.23. The maximum absolute atomic E-state index is 5.59. The normalized spacial score (nSPS) is 24.4. The van der Waals surface area contributed by atoms with Crippen molar-refractivity contribution in [3.63, 3.8) is 0 Å². The molecule has 1 unspecified atom stereocenters. The first kappa shape index (κ1) is 9.71. The molecule has 0 aromatic rings. The molecule has 0 radical (unpaired) electrons. The van der Waals surface area contributed by atoms with Gasteiger partial charge < -0.3 is 11.1 Å². The minimum atomic E-state index is 0.588. The van der Waals surface area contributed by atoms with E-state index in [1.54, 1.807) is 0 Å². The molecule has 0 aromatic carbocycles. The summed E-state index contributed by atoms with van der Waals surface area (Å²) in [4.78, 5) is 4.26. The van der Waals surface area contributed by atoms with Crippen LogP contribution in [0.15, 0.2) is 4.99 Å². The van der Waals surface area contributed by atoms with Crippen LogP contribution in [0.1, 0.15) is 19.8 Å². The fourth-order valence-electron chi connectivity index (χ4n) is 1.23. The lowest BCUT2D eigenvalue weighted by molar-refractivity contribution is 0.781. The van der Waals surface area contributed by atoms with Gasteiger partial charge in [0.2, 0.25) is 0 Å². The molecule has 4 heteroatoms. The second-order valence-corrected chi connectivity index (χ2v) is 4.30. The summed E-state index contributed by atoms with van der Waals surface area (Å²) in [6.07, 6.45) is 2.64. The van der Waals surface area contributed by atoms with Crippen LogP contribution in [0.2, 0.25) is 0 Å². The Balaban J connectivity index is 2.17. The smallest absolute Gasteiger partial charge is 0.188 e. The molecule has 1 fully saturated rings. The zero-order valence-corrected chi connectivity index (χ0v) is 8.36. The van der Waals surface area contributed by atoms with Crippen molar-refractivity contribution in [2.24, 2.45) is 10.7 Å². The second-order valence-electron chi connectivity index (χ2n) is 2.89. The molecule has 0 saturated carbocycles. The number of hydrogen-bond donors (Lipinski definition) is 2. The molecule has 1 rings (SSSR count). The maximum atomic E-state index is 5.59. The van der Waals surface area contributed by atoms with Crippen LogP contribution in [0.4, 0.5) is 0 Å². The molecule has 1 aliphatic rings. The lowest BCUT2D eigenvalue weighted by atomic mass is 10.2. The zero-order chi connectivity index (χ0) is 8.81. The first-order valence-electron chi connectivity index (χ1n) is 4.48. The Morgan fingerprint density at radius 3 is 3.17 bits per heavy atom. The van der Waals surface area contributed by atoms with E-state index in [2.05, 4.69) is 10.3 Å². The van der Waals surface area contributed by atoms with Crippen LogP contribution >= 0.6 is 11.8 Å². The van der Waals surface area contributed by atoms with Gasteiger partial charge in [0.05, 0.1) is 6.54 Å². The molecule has 1 atom stereocenters. The maximum Gasteiger partial charge on any atom is 0.188 e. The summed E-state index contributed by atoms with van der Waals surface area (Å²) in [5.41, 5.74) is 5.59. The first-order chi connectivity index (χ1) is 5.83. The van der Waals surface area contributed by atoms with E-state index in [0.717, 1.165) is 13.1 Å². The SMILES string of the molecule is CCNC(N)=NCC1CCCS1. The summed E-state index contributed by atoms with van der Waals surface area (Å²) >= 11 is 2.01. The van der Waals surface area contributed by atoms with E-state index in [-0.39, 0.29) is 0 Å². The third kappa shape index (κ3) is 3.34. The minimum Gasteiger partial charge on any atom is -0.370 e. The molecule has 0 aliphatic carbocycles. The van der Waals surface area contributed by atoms with Crippen molar-refractivity contribution in [3.8, 4) is 0 Å². The van der Waals surface area contributed by atoms with E-state index in [4.69, 9.17) is 5.73 Å². The van der Waals surface area contributed by atoms with Gasteiger partial charge in [-0.2, -0.15) is 11.8 Å². The highest BCUT2D eigenvalue weighted by Crippen LogP contribution is 2.25. The van der Waals surface area contributed by atoms with Gasteiger partial charge in [-0.25, -0.2) is 0 Å². The number of nitrogens with two attached hydrogens (primary N) is 1. The fourth-order valence-corrected chi connectivity index (χ4v) is 2.41. The molecule has 1 saturated heterocycles. The molecule has 1 heterocycles. The predicted octanol–water partition coefficient (Wildman–Crippen LogP) is 0.806. The van der Waals surface area contributed by atoms with Crippen molar-refractivity contribution in [1.29, 1.82) is 0 Å². The summed E-state index contributed by atoms with van der Waals surface area (Å²) < 4.78 is 0. The third-order valence-electron chi connectivity index (χ3n) is 1.85. The summed E-state index contributed by atoms with van der Waals surface area (Å²) in [6, 6.07) is 0. The largest absolute Gasteiger partial charge is 0.370 e. The predicted molar refractivity (Wildman–Crippen MR) is 55.6 cm³/mol. The van der Waals surface area contributed by atoms with Gasteiger partial charge in [0.15, 0.2) is 5.96 Å². The Bertz CT molecular complexity index is 152. The number of nitrogens with one attached hydrogen (secondary N) is 1. The van der Waals surface area contributed by atoms with Gasteiger partial charge in [-0.05, 0) is 25.5 Å². The van der Waals surface area contributed by atoms with Gasteiger partial charge in [0, 0.05) is 11.8 Å². The van der Waals surface area contributed by atoms with Gasteiger partial charge >= 0.3 is 0 Å². The number of guanidine groups is 1. The second kappa shape index (κ2) is 5.30. The number of rotatable bonds is 3. The topological polar surface area (TPSA) is 50.4 Å². The lowest BCUT2D eigenvalue weighted by Gasteiger charge is -2.05. The molecule has 0 spiro atoms. The highest BCUT2D eigenvalue weighted by molar-refractivity contribution is 8.00. The van der Waals surface area contributed by atoms with Gasteiger partial charge in [0.25, 0.3) is 0 Å². The van der Waals surface area contributed by atoms with E-state index in [9.17, 15) is 0 Å². The monoisotopic (exact) mass is 187 g/mol. The zero-order valence-electron chi connectivity index (χ0n) is 7.55. The molecule has 3 nitrogen and oxygen atoms in total. The van der Waals surface area contributed by atoms with Crippen LogP contribution in [-0.4, -0.2) is 30.1 Å². The molecular weight excluding hydrogens is 170 g/mol. The average molecular weight is 187 g/mol. The summed E-state index contributed by atoms with van der Waals surface area (Å²) in [5.74, 6) is 1.88. The summed E-state index contributed by atoms with van der Waals surface area (Å²) in [7, 11) is 0. The Labute approximate surface area is 78.2 Å². The van der Waals surface area contributed by atoms with Crippen LogP contribution in [0.5, 0.6) is 0 Å². The molecular formula is C8H17N3S. The Morgan fingerprint density at radius 2 is 2.58 bits per heavy atom. The average Bonchev–Trinajstić information content (AvgIpc) is 2.53. The number of thioether (sulfide) groups is 1. The van der Waals surface area contributed by atoms with Crippen LogP contribution in [-0.2, 0) is 0 Å².